The van der Waals surface area contributed by atoms with Crippen LogP contribution in [0.25, 0.3) is 10.2 Å². The highest BCUT2D eigenvalue weighted by molar-refractivity contribution is 7.18. The van der Waals surface area contributed by atoms with E-state index in [4.69, 9.17) is 4.74 Å². The zero-order valence-electron chi connectivity index (χ0n) is 13.9. The highest BCUT2D eigenvalue weighted by Gasteiger charge is 2.21. The van der Waals surface area contributed by atoms with Gasteiger partial charge in [-0.15, -0.1) is 11.3 Å². The molecule has 0 bridgehead atoms. The molecular formula is C17H23N3O2S. The van der Waals surface area contributed by atoms with E-state index in [1.54, 1.807) is 11.3 Å². The second kappa shape index (κ2) is 6.43. The molecule has 2 aromatic heterocycles. The summed E-state index contributed by atoms with van der Waals surface area (Å²) in [5, 5.41) is 3.91. The average Bonchev–Trinajstić information content (AvgIpc) is 2.66. The second-order valence-corrected chi connectivity index (χ2v) is 8.09. The summed E-state index contributed by atoms with van der Waals surface area (Å²) in [4.78, 5) is 23.0. The zero-order chi connectivity index (χ0) is 16.4. The van der Waals surface area contributed by atoms with Crippen LogP contribution in [0.1, 0.15) is 50.5 Å². The number of rotatable bonds is 3. The van der Waals surface area contributed by atoms with Gasteiger partial charge in [0.05, 0.1) is 5.39 Å². The number of amides is 1. The first kappa shape index (κ1) is 16.2. The molecule has 3 rings (SSSR count). The molecule has 0 radical (unpaired) electrons. The van der Waals surface area contributed by atoms with E-state index in [-0.39, 0.29) is 18.1 Å². The molecular weight excluding hydrogens is 310 g/mol. The SMILES string of the molecule is CC(C)(C)NC(=O)COc1ncnc2sc3c(c12)CCCCC3. The number of aryl methyl sites for hydroxylation is 2. The molecule has 1 aliphatic rings. The van der Waals surface area contributed by atoms with Gasteiger partial charge in [-0.05, 0) is 52.0 Å². The summed E-state index contributed by atoms with van der Waals surface area (Å²) in [6.45, 7) is 5.83. The number of fused-ring (bicyclic) bond motifs is 3. The maximum Gasteiger partial charge on any atom is 0.258 e. The lowest BCUT2D eigenvalue weighted by Crippen LogP contribution is -2.43. The van der Waals surface area contributed by atoms with Gasteiger partial charge in [0.2, 0.25) is 5.88 Å². The predicted molar refractivity (Wildman–Crippen MR) is 92.1 cm³/mol. The fourth-order valence-corrected chi connectivity index (χ4v) is 4.16. The van der Waals surface area contributed by atoms with Gasteiger partial charge in [0, 0.05) is 10.4 Å². The summed E-state index contributed by atoms with van der Waals surface area (Å²) in [6.07, 6.45) is 7.37. The fourth-order valence-electron chi connectivity index (χ4n) is 2.94. The van der Waals surface area contributed by atoms with Crippen molar-refractivity contribution in [2.75, 3.05) is 6.61 Å². The largest absolute Gasteiger partial charge is 0.467 e. The van der Waals surface area contributed by atoms with Crippen LogP contribution in [0.5, 0.6) is 5.88 Å². The van der Waals surface area contributed by atoms with Crippen molar-refractivity contribution < 1.29 is 9.53 Å². The highest BCUT2D eigenvalue weighted by atomic mass is 32.1. The van der Waals surface area contributed by atoms with Gasteiger partial charge in [-0.3, -0.25) is 4.79 Å². The van der Waals surface area contributed by atoms with Crippen molar-refractivity contribution in [3.8, 4) is 5.88 Å². The van der Waals surface area contributed by atoms with Gasteiger partial charge in [0.25, 0.3) is 5.91 Å². The number of nitrogens with zero attached hydrogens (tertiary/aromatic N) is 2. The molecule has 0 spiro atoms. The maximum absolute atomic E-state index is 12.0. The fraction of sp³-hybridized carbons (Fsp3) is 0.588. The summed E-state index contributed by atoms with van der Waals surface area (Å²) in [5.74, 6) is 0.407. The number of nitrogens with one attached hydrogen (secondary N) is 1. The molecule has 124 valence electrons. The minimum absolute atomic E-state index is 0.0198. The highest BCUT2D eigenvalue weighted by Crippen LogP contribution is 2.38. The zero-order valence-corrected chi connectivity index (χ0v) is 14.8. The van der Waals surface area contributed by atoms with Crippen molar-refractivity contribution >= 4 is 27.5 Å². The van der Waals surface area contributed by atoms with Crippen molar-refractivity contribution in [1.82, 2.24) is 15.3 Å². The summed E-state index contributed by atoms with van der Waals surface area (Å²) in [5.41, 5.74) is 1.07. The average molecular weight is 333 g/mol. The second-order valence-electron chi connectivity index (χ2n) is 7.01. The van der Waals surface area contributed by atoms with Crippen LogP contribution in [0.4, 0.5) is 0 Å². The van der Waals surface area contributed by atoms with Gasteiger partial charge >= 0.3 is 0 Å². The lowest BCUT2D eigenvalue weighted by atomic mass is 10.1. The Kier molecular flexibility index (Phi) is 4.53. The number of hydrogen-bond donors (Lipinski definition) is 1. The van der Waals surface area contributed by atoms with E-state index in [1.165, 1.54) is 36.0 Å². The van der Waals surface area contributed by atoms with Crippen LogP contribution in [-0.4, -0.2) is 28.0 Å². The van der Waals surface area contributed by atoms with E-state index in [1.807, 2.05) is 20.8 Å². The quantitative estimate of drug-likeness (QED) is 0.876. The van der Waals surface area contributed by atoms with Crippen LogP contribution in [0.3, 0.4) is 0 Å². The van der Waals surface area contributed by atoms with E-state index in [0.717, 1.165) is 23.1 Å². The molecule has 2 aromatic rings. The molecule has 1 aliphatic carbocycles. The van der Waals surface area contributed by atoms with E-state index < -0.39 is 0 Å². The van der Waals surface area contributed by atoms with E-state index in [9.17, 15) is 4.79 Å². The Morgan fingerprint density at radius 2 is 2.04 bits per heavy atom. The Morgan fingerprint density at radius 3 is 2.83 bits per heavy atom. The minimum Gasteiger partial charge on any atom is -0.467 e. The van der Waals surface area contributed by atoms with Crippen molar-refractivity contribution in [2.45, 2.75) is 58.4 Å². The Bertz CT molecular complexity index is 718. The summed E-state index contributed by atoms with van der Waals surface area (Å²) in [6, 6.07) is 0. The monoisotopic (exact) mass is 333 g/mol. The Balaban J connectivity index is 1.83. The molecule has 0 aromatic carbocycles. The van der Waals surface area contributed by atoms with Crippen LogP contribution in [0.2, 0.25) is 0 Å². The van der Waals surface area contributed by atoms with Gasteiger partial charge < -0.3 is 10.1 Å². The molecule has 0 aliphatic heterocycles. The molecule has 1 amide bonds. The van der Waals surface area contributed by atoms with Gasteiger partial charge in [0.1, 0.15) is 11.2 Å². The first-order valence-corrected chi connectivity index (χ1v) is 8.95. The standard InChI is InChI=1S/C17H23N3O2S/c1-17(2,3)20-13(21)9-22-15-14-11-7-5-4-6-8-12(11)23-16(14)19-10-18-15/h10H,4-9H2,1-3H3,(H,20,21). The minimum atomic E-state index is -0.263. The topological polar surface area (TPSA) is 64.1 Å². The summed E-state index contributed by atoms with van der Waals surface area (Å²) in [7, 11) is 0. The molecule has 0 saturated carbocycles. The number of thiophene rings is 1. The third-order valence-electron chi connectivity index (χ3n) is 3.82. The summed E-state index contributed by atoms with van der Waals surface area (Å²) < 4.78 is 5.74. The smallest absolute Gasteiger partial charge is 0.258 e. The molecule has 2 heterocycles. The van der Waals surface area contributed by atoms with E-state index in [0.29, 0.717) is 5.88 Å². The number of carbonyl (C=O) groups excluding carboxylic acids is 1. The van der Waals surface area contributed by atoms with Gasteiger partial charge in [-0.2, -0.15) is 0 Å². The first-order chi connectivity index (χ1) is 10.9. The van der Waals surface area contributed by atoms with E-state index >= 15 is 0 Å². The third-order valence-corrected chi connectivity index (χ3v) is 5.02. The Morgan fingerprint density at radius 1 is 1.26 bits per heavy atom. The number of carbonyl (C=O) groups is 1. The first-order valence-electron chi connectivity index (χ1n) is 8.13. The normalized spacial score (nSPS) is 15.1. The van der Waals surface area contributed by atoms with Crippen LogP contribution in [0.15, 0.2) is 6.33 Å². The molecule has 0 fully saturated rings. The van der Waals surface area contributed by atoms with Crippen LogP contribution >= 0.6 is 11.3 Å². The number of aromatic nitrogens is 2. The number of hydrogen-bond acceptors (Lipinski definition) is 5. The van der Waals surface area contributed by atoms with Gasteiger partial charge in [-0.1, -0.05) is 6.42 Å². The van der Waals surface area contributed by atoms with Crippen molar-refractivity contribution in [3.63, 3.8) is 0 Å². The van der Waals surface area contributed by atoms with Crippen LogP contribution < -0.4 is 10.1 Å². The lowest BCUT2D eigenvalue weighted by molar-refractivity contribution is -0.124. The maximum atomic E-state index is 12.0. The molecule has 6 heteroatoms. The Hall–Kier alpha value is -1.69. The molecule has 0 atom stereocenters. The van der Waals surface area contributed by atoms with Crippen molar-refractivity contribution in [2.24, 2.45) is 0 Å². The Labute approximate surface area is 140 Å². The number of ether oxygens (including phenoxy) is 1. The summed E-state index contributed by atoms with van der Waals surface area (Å²) >= 11 is 1.74. The molecule has 5 nitrogen and oxygen atoms in total. The molecule has 0 saturated heterocycles. The molecule has 0 unspecified atom stereocenters. The van der Waals surface area contributed by atoms with Crippen LogP contribution in [-0.2, 0) is 17.6 Å². The van der Waals surface area contributed by atoms with Gasteiger partial charge in [-0.25, -0.2) is 9.97 Å². The van der Waals surface area contributed by atoms with Crippen molar-refractivity contribution in [1.29, 1.82) is 0 Å². The van der Waals surface area contributed by atoms with E-state index in [2.05, 4.69) is 15.3 Å². The molecule has 23 heavy (non-hydrogen) atoms. The van der Waals surface area contributed by atoms with Crippen LogP contribution in [0, 0.1) is 0 Å². The molecule has 1 N–H and O–H groups in total. The predicted octanol–water partition coefficient (Wildman–Crippen LogP) is 3.25. The third kappa shape index (κ3) is 3.80. The lowest BCUT2D eigenvalue weighted by Gasteiger charge is -2.20. The van der Waals surface area contributed by atoms with Crippen molar-refractivity contribution in [3.05, 3.63) is 16.8 Å². The van der Waals surface area contributed by atoms with Gasteiger partial charge in [0.15, 0.2) is 6.61 Å².